The van der Waals surface area contributed by atoms with Crippen LogP contribution in [0.4, 0.5) is 0 Å². The van der Waals surface area contributed by atoms with Crippen LogP contribution in [0.15, 0.2) is 84.9 Å². The Morgan fingerprint density at radius 2 is 0.643 bits per heavy atom. The van der Waals surface area contributed by atoms with Crippen LogP contribution in [0.3, 0.4) is 0 Å². The van der Waals surface area contributed by atoms with Crippen molar-refractivity contribution in [1.82, 2.24) is 13.5 Å². The van der Waals surface area contributed by atoms with Gasteiger partial charge in [0.1, 0.15) is 0 Å². The molecule has 3 aliphatic heterocycles. The van der Waals surface area contributed by atoms with Crippen LogP contribution in [0.2, 0.25) is 0 Å². The first-order valence-electron chi connectivity index (χ1n) is 26.2. The normalized spacial score (nSPS) is 15.0. The van der Waals surface area contributed by atoms with Crippen LogP contribution in [0, 0.1) is 0 Å². The second-order valence-electron chi connectivity index (χ2n) is 28.3. The SMILES string of the molecule is CC(C)(C)c1ccc2c(c1)c1cc(C(C)(C)C)c3c4c1n2-c1c2c(c5c6cc(C(C)(C)C)ccc6n6c7ccc(C(C)(C)C)cc7c1c56)-n1c5ccc(C(C)(C)C)cc5c5cc(C(C)(C)C)c-3c(c51)B24. The van der Waals surface area contributed by atoms with Gasteiger partial charge in [-0.1, -0.05) is 149 Å². The fourth-order valence-corrected chi connectivity index (χ4v) is 13.9. The van der Waals surface area contributed by atoms with Crippen molar-refractivity contribution in [3.05, 3.63) is 118 Å². The summed E-state index contributed by atoms with van der Waals surface area (Å²) in [6.07, 6.45) is 0. The minimum absolute atomic E-state index is 0.000806. The van der Waals surface area contributed by atoms with Crippen molar-refractivity contribution in [2.75, 3.05) is 0 Å². The van der Waals surface area contributed by atoms with Gasteiger partial charge >= 0.3 is 0 Å². The van der Waals surface area contributed by atoms with Crippen molar-refractivity contribution < 1.29 is 0 Å². The Kier molecular flexibility index (Phi) is 7.56. The topological polar surface area (TPSA) is 14.3 Å². The van der Waals surface area contributed by atoms with Crippen molar-refractivity contribution in [2.24, 2.45) is 0 Å². The molecular formula is C66H68BN3. The summed E-state index contributed by atoms with van der Waals surface area (Å²) in [5.41, 5.74) is 27.8. The molecule has 11 aromatic rings. The van der Waals surface area contributed by atoms with Crippen molar-refractivity contribution in [3.63, 3.8) is 0 Å². The lowest BCUT2D eigenvalue weighted by molar-refractivity contribution is 0.586. The second-order valence-corrected chi connectivity index (χ2v) is 28.3. The smallest absolute Gasteiger partial charge is 0.253 e. The minimum atomic E-state index is -0.116. The first-order chi connectivity index (χ1) is 32.6. The summed E-state index contributed by atoms with van der Waals surface area (Å²) < 4.78 is 8.29. The zero-order chi connectivity index (χ0) is 49.4. The van der Waals surface area contributed by atoms with E-state index in [0.717, 1.165) is 0 Å². The average Bonchev–Trinajstić information content (AvgIpc) is 4.04. The number of hydrogen-bond donors (Lipinski definition) is 0. The zero-order valence-electron chi connectivity index (χ0n) is 45.0. The molecule has 0 fully saturated rings. The summed E-state index contributed by atoms with van der Waals surface area (Å²) in [4.78, 5) is 0. The molecule has 14 rings (SSSR count). The molecule has 4 aromatic heterocycles. The van der Waals surface area contributed by atoms with E-state index < -0.39 is 0 Å². The summed E-state index contributed by atoms with van der Waals surface area (Å²) in [7, 11) is 0. The maximum Gasteiger partial charge on any atom is 0.253 e. The summed E-state index contributed by atoms with van der Waals surface area (Å²) >= 11 is 0. The third-order valence-corrected chi connectivity index (χ3v) is 17.5. The lowest BCUT2D eigenvalue weighted by atomic mass is 9.35. The van der Waals surface area contributed by atoms with E-state index in [9.17, 15) is 0 Å². The van der Waals surface area contributed by atoms with Crippen molar-refractivity contribution >= 4 is 105 Å². The van der Waals surface area contributed by atoms with Gasteiger partial charge in [0, 0.05) is 43.1 Å². The maximum atomic E-state index is 2.81. The van der Waals surface area contributed by atoms with Crippen molar-refractivity contribution in [1.29, 1.82) is 0 Å². The van der Waals surface area contributed by atoms with Gasteiger partial charge in [0.15, 0.2) is 0 Å². The first kappa shape index (κ1) is 42.8. The van der Waals surface area contributed by atoms with Gasteiger partial charge in [0.05, 0.1) is 50.0 Å². The van der Waals surface area contributed by atoms with Crippen LogP contribution < -0.4 is 16.4 Å². The molecule has 0 saturated heterocycles. The van der Waals surface area contributed by atoms with Gasteiger partial charge in [-0.25, -0.2) is 0 Å². The van der Waals surface area contributed by atoms with Gasteiger partial charge in [0.25, 0.3) is 6.71 Å². The molecule has 0 N–H and O–H groups in total. The van der Waals surface area contributed by atoms with Gasteiger partial charge in [-0.3, -0.25) is 0 Å². The van der Waals surface area contributed by atoms with Crippen molar-refractivity contribution in [3.8, 4) is 22.5 Å². The van der Waals surface area contributed by atoms with E-state index in [2.05, 4.69) is 223 Å². The number of fused-ring (bicyclic) bond motifs is 17. The first-order valence-corrected chi connectivity index (χ1v) is 26.2. The van der Waals surface area contributed by atoms with Gasteiger partial charge in [0.2, 0.25) is 0 Å². The van der Waals surface area contributed by atoms with E-state index in [1.807, 2.05) is 0 Å². The highest BCUT2D eigenvalue weighted by Gasteiger charge is 2.52. The summed E-state index contributed by atoms with van der Waals surface area (Å²) in [5.74, 6) is 0. The largest absolute Gasteiger partial charge is 0.309 e. The molecule has 0 saturated carbocycles. The average molecular weight is 914 g/mol. The molecule has 0 radical (unpaired) electrons. The Morgan fingerprint density at radius 1 is 0.314 bits per heavy atom. The molecule has 3 aliphatic rings. The van der Waals surface area contributed by atoms with E-state index in [0.29, 0.717) is 0 Å². The summed E-state index contributed by atoms with van der Waals surface area (Å²) in [6, 6.07) is 35.2. The quantitative estimate of drug-likeness (QED) is 0.135. The monoisotopic (exact) mass is 914 g/mol. The minimum Gasteiger partial charge on any atom is -0.309 e. The molecule has 350 valence electrons. The van der Waals surface area contributed by atoms with Crippen LogP contribution in [0.25, 0.3) is 104 Å². The molecule has 0 bridgehead atoms. The van der Waals surface area contributed by atoms with Crippen LogP contribution >= 0.6 is 0 Å². The molecule has 7 heterocycles. The fraction of sp³-hybridized carbons (Fsp3) is 0.364. The second kappa shape index (κ2) is 12.4. The number of rotatable bonds is 0. The number of benzene rings is 7. The molecule has 7 aromatic carbocycles. The Hall–Kier alpha value is -6.00. The van der Waals surface area contributed by atoms with E-state index in [-0.39, 0.29) is 39.2 Å². The molecule has 0 spiro atoms. The van der Waals surface area contributed by atoms with Crippen LogP contribution in [0.1, 0.15) is 158 Å². The van der Waals surface area contributed by atoms with Crippen LogP contribution in [-0.2, 0) is 32.5 Å². The van der Waals surface area contributed by atoms with Crippen molar-refractivity contribution in [2.45, 2.75) is 157 Å². The highest BCUT2D eigenvalue weighted by Crippen LogP contribution is 2.55. The Labute approximate surface area is 414 Å². The fourth-order valence-electron chi connectivity index (χ4n) is 13.9. The molecule has 0 aliphatic carbocycles. The van der Waals surface area contributed by atoms with Gasteiger partial charge in [-0.15, -0.1) is 0 Å². The van der Waals surface area contributed by atoms with Crippen LogP contribution in [-0.4, -0.2) is 20.2 Å². The molecule has 70 heavy (non-hydrogen) atoms. The van der Waals surface area contributed by atoms with E-state index in [1.165, 1.54) is 154 Å². The van der Waals surface area contributed by atoms with Gasteiger partial charge in [-0.2, -0.15) is 0 Å². The summed E-state index contributed by atoms with van der Waals surface area (Å²) in [5, 5.41) is 11.0. The molecule has 0 unspecified atom stereocenters. The highest BCUT2D eigenvalue weighted by atomic mass is 15.1. The summed E-state index contributed by atoms with van der Waals surface area (Å²) in [6.45, 7) is 43.3. The lowest BCUT2D eigenvalue weighted by Crippen LogP contribution is -2.57. The third kappa shape index (κ3) is 5.04. The standard InChI is InChI=1S/C66H68BN3/c1-61(2,3)33-19-23-45-37(27-33)39-31-43(65(13,14)15)51-52-44(66(16,17)18)32-40-38-28-34(62(4,5)6)20-24-46(38)70-57(40)54(52)67-53(51)56(39)69(45)59-49-41-29-35(63(7,8)9)21-25-47(41)68-48-26-22-36(64(10,11)12)30-42(48)50(58(49)68)60(70)55(59)67/h19-32H,1-18H3. The lowest BCUT2D eigenvalue weighted by Gasteiger charge is -2.33. The molecule has 4 heteroatoms. The predicted octanol–water partition coefficient (Wildman–Crippen LogP) is 15.9. The molecular weight excluding hydrogens is 846 g/mol. The van der Waals surface area contributed by atoms with E-state index in [4.69, 9.17) is 0 Å². The zero-order valence-corrected chi connectivity index (χ0v) is 45.0. The Morgan fingerprint density at radius 3 is 0.971 bits per heavy atom. The number of aromatic nitrogens is 3. The molecule has 3 nitrogen and oxygen atoms in total. The molecule has 0 amide bonds. The van der Waals surface area contributed by atoms with E-state index >= 15 is 0 Å². The number of nitrogens with zero attached hydrogens (tertiary/aromatic N) is 3. The molecule has 0 atom stereocenters. The predicted molar refractivity (Wildman–Crippen MR) is 306 cm³/mol. The van der Waals surface area contributed by atoms with Gasteiger partial charge in [-0.05, 0) is 154 Å². The van der Waals surface area contributed by atoms with E-state index in [1.54, 1.807) is 0 Å². The maximum absolute atomic E-state index is 2.81. The Balaban J connectivity index is 1.35. The Bertz CT molecular complexity index is 4000. The van der Waals surface area contributed by atoms with Gasteiger partial charge < -0.3 is 13.5 Å². The van der Waals surface area contributed by atoms with Crippen LogP contribution in [0.5, 0.6) is 0 Å². The number of hydrogen-bond acceptors (Lipinski definition) is 0. The highest BCUT2D eigenvalue weighted by molar-refractivity contribution is 7.04. The third-order valence-electron chi connectivity index (χ3n) is 17.5.